The van der Waals surface area contributed by atoms with Gasteiger partial charge >= 0.3 is 5.97 Å². The van der Waals surface area contributed by atoms with Gasteiger partial charge in [-0.05, 0) is 31.6 Å². The van der Waals surface area contributed by atoms with Gasteiger partial charge in [0.1, 0.15) is 0 Å². The molecule has 1 saturated carbocycles. The van der Waals surface area contributed by atoms with E-state index in [1.54, 1.807) is 6.92 Å². The van der Waals surface area contributed by atoms with Gasteiger partial charge in [0, 0.05) is 5.57 Å². The van der Waals surface area contributed by atoms with Crippen molar-refractivity contribution in [2.24, 2.45) is 11.8 Å². The lowest BCUT2D eigenvalue weighted by atomic mass is 9.82. The quantitative estimate of drug-likeness (QED) is 0.667. The Balaban J connectivity index is 2.52. The van der Waals surface area contributed by atoms with Crippen LogP contribution in [0.2, 0.25) is 0 Å². The van der Waals surface area contributed by atoms with E-state index in [2.05, 4.69) is 6.92 Å². The molecular weight excluding hydrogens is 164 g/mol. The number of aliphatic carboxylic acids is 1. The molecule has 0 saturated heterocycles. The van der Waals surface area contributed by atoms with Crippen molar-refractivity contribution in [3.05, 3.63) is 11.6 Å². The number of carbonyl (C=O) groups is 1. The molecule has 0 spiro atoms. The number of hydrogen-bond acceptors (Lipinski definition) is 1. The van der Waals surface area contributed by atoms with Crippen LogP contribution in [0.5, 0.6) is 0 Å². The van der Waals surface area contributed by atoms with E-state index in [-0.39, 0.29) is 0 Å². The summed E-state index contributed by atoms with van der Waals surface area (Å²) in [6.45, 7) is 3.93. The highest BCUT2D eigenvalue weighted by Gasteiger charge is 2.17. The van der Waals surface area contributed by atoms with Crippen molar-refractivity contribution in [3.8, 4) is 0 Å². The lowest BCUT2D eigenvalue weighted by molar-refractivity contribution is -0.132. The Hall–Kier alpha value is -0.790. The third kappa shape index (κ3) is 3.21. The van der Waals surface area contributed by atoms with Gasteiger partial charge in [0.2, 0.25) is 0 Å². The van der Waals surface area contributed by atoms with E-state index in [1.165, 1.54) is 12.8 Å². The van der Waals surface area contributed by atoms with Gasteiger partial charge in [-0.15, -0.1) is 0 Å². The van der Waals surface area contributed by atoms with Crippen LogP contribution in [0.25, 0.3) is 0 Å². The van der Waals surface area contributed by atoms with Gasteiger partial charge in [0.15, 0.2) is 0 Å². The summed E-state index contributed by atoms with van der Waals surface area (Å²) in [5, 5.41) is 8.71. The molecule has 13 heavy (non-hydrogen) atoms. The second-order valence-corrected chi connectivity index (χ2v) is 4.19. The maximum Gasteiger partial charge on any atom is 0.330 e. The molecule has 0 aliphatic heterocycles. The molecule has 0 amide bonds. The van der Waals surface area contributed by atoms with Crippen LogP contribution < -0.4 is 0 Å². The summed E-state index contributed by atoms with van der Waals surface area (Å²) in [5.41, 5.74) is 0.499. The fraction of sp³-hybridized carbons (Fsp3) is 0.727. The standard InChI is InChI=1S/C11H18O2/c1-8-4-3-5-10(6-8)7-9(2)11(12)13/h7-8,10H,3-6H2,1-2H3,(H,12,13)/b9-7-. The molecule has 0 aromatic rings. The maximum absolute atomic E-state index is 10.6. The number of carboxylic acid groups (broad SMARTS) is 1. The van der Waals surface area contributed by atoms with Crippen LogP contribution >= 0.6 is 0 Å². The van der Waals surface area contributed by atoms with Crippen molar-refractivity contribution in [1.29, 1.82) is 0 Å². The van der Waals surface area contributed by atoms with Crippen molar-refractivity contribution in [2.75, 3.05) is 0 Å². The highest BCUT2D eigenvalue weighted by atomic mass is 16.4. The van der Waals surface area contributed by atoms with Crippen molar-refractivity contribution < 1.29 is 9.90 Å². The summed E-state index contributed by atoms with van der Waals surface area (Å²) in [6.07, 6.45) is 6.79. The largest absolute Gasteiger partial charge is 0.478 e. The van der Waals surface area contributed by atoms with Crippen LogP contribution in [-0.4, -0.2) is 11.1 Å². The van der Waals surface area contributed by atoms with Crippen LogP contribution in [0, 0.1) is 11.8 Å². The van der Waals surface area contributed by atoms with E-state index in [0.717, 1.165) is 18.8 Å². The number of carboxylic acids is 1. The minimum Gasteiger partial charge on any atom is -0.478 e. The predicted octanol–water partition coefficient (Wildman–Crippen LogP) is 2.84. The van der Waals surface area contributed by atoms with Gasteiger partial charge in [-0.1, -0.05) is 25.8 Å². The van der Waals surface area contributed by atoms with Crippen LogP contribution in [0.4, 0.5) is 0 Å². The molecule has 74 valence electrons. The van der Waals surface area contributed by atoms with Crippen molar-refractivity contribution in [1.82, 2.24) is 0 Å². The number of hydrogen-bond donors (Lipinski definition) is 1. The topological polar surface area (TPSA) is 37.3 Å². The van der Waals surface area contributed by atoms with Gasteiger partial charge in [-0.2, -0.15) is 0 Å². The summed E-state index contributed by atoms with van der Waals surface area (Å²) in [6, 6.07) is 0. The lowest BCUT2D eigenvalue weighted by Gasteiger charge is -2.24. The van der Waals surface area contributed by atoms with Crippen molar-refractivity contribution in [3.63, 3.8) is 0 Å². The third-order valence-electron chi connectivity index (χ3n) is 2.80. The Morgan fingerprint density at radius 2 is 2.15 bits per heavy atom. The van der Waals surface area contributed by atoms with E-state index in [1.807, 2.05) is 6.08 Å². The molecule has 2 atom stereocenters. The molecule has 1 aliphatic rings. The average Bonchev–Trinajstić information content (AvgIpc) is 2.04. The number of allylic oxidation sites excluding steroid dienone is 1. The van der Waals surface area contributed by atoms with Crippen molar-refractivity contribution in [2.45, 2.75) is 39.5 Å². The Bertz CT molecular complexity index is 218. The zero-order valence-corrected chi connectivity index (χ0v) is 8.42. The minimum atomic E-state index is -0.779. The second-order valence-electron chi connectivity index (χ2n) is 4.19. The molecule has 0 bridgehead atoms. The summed E-state index contributed by atoms with van der Waals surface area (Å²) in [7, 11) is 0. The first-order valence-corrected chi connectivity index (χ1v) is 5.01. The van der Waals surface area contributed by atoms with Gasteiger partial charge in [-0.3, -0.25) is 0 Å². The normalized spacial score (nSPS) is 30.2. The highest BCUT2D eigenvalue weighted by Crippen LogP contribution is 2.29. The van der Waals surface area contributed by atoms with Crippen LogP contribution in [-0.2, 0) is 4.79 Å². The zero-order chi connectivity index (χ0) is 9.84. The summed E-state index contributed by atoms with van der Waals surface area (Å²) in [5.74, 6) is 0.481. The Morgan fingerprint density at radius 3 is 2.69 bits per heavy atom. The molecular formula is C11H18O2. The molecule has 0 aromatic carbocycles. The van der Waals surface area contributed by atoms with Gasteiger partial charge in [0.05, 0.1) is 0 Å². The highest BCUT2D eigenvalue weighted by molar-refractivity contribution is 5.85. The summed E-state index contributed by atoms with van der Waals surface area (Å²) in [4.78, 5) is 10.6. The first-order valence-electron chi connectivity index (χ1n) is 5.01. The van der Waals surface area contributed by atoms with Crippen molar-refractivity contribution >= 4 is 5.97 Å². The van der Waals surface area contributed by atoms with E-state index < -0.39 is 5.97 Å². The third-order valence-corrected chi connectivity index (χ3v) is 2.80. The number of rotatable bonds is 2. The van der Waals surface area contributed by atoms with Gasteiger partial charge in [-0.25, -0.2) is 4.79 Å². The molecule has 1 rings (SSSR count). The van der Waals surface area contributed by atoms with Crippen LogP contribution in [0.1, 0.15) is 39.5 Å². The first-order chi connectivity index (χ1) is 6.09. The van der Waals surface area contributed by atoms with E-state index in [9.17, 15) is 4.79 Å². The smallest absolute Gasteiger partial charge is 0.330 e. The molecule has 2 nitrogen and oxygen atoms in total. The molecule has 1 N–H and O–H groups in total. The average molecular weight is 182 g/mol. The first kappa shape index (κ1) is 10.3. The van der Waals surface area contributed by atoms with Gasteiger partial charge in [0.25, 0.3) is 0 Å². The van der Waals surface area contributed by atoms with Crippen LogP contribution in [0.3, 0.4) is 0 Å². The Labute approximate surface area is 79.6 Å². The van der Waals surface area contributed by atoms with Crippen LogP contribution in [0.15, 0.2) is 11.6 Å². The predicted molar refractivity (Wildman–Crippen MR) is 52.5 cm³/mol. The second kappa shape index (κ2) is 4.45. The Morgan fingerprint density at radius 1 is 1.46 bits per heavy atom. The van der Waals surface area contributed by atoms with E-state index in [4.69, 9.17) is 5.11 Å². The monoisotopic (exact) mass is 182 g/mol. The summed E-state index contributed by atoms with van der Waals surface area (Å²) < 4.78 is 0. The zero-order valence-electron chi connectivity index (χ0n) is 8.42. The molecule has 2 unspecified atom stereocenters. The van der Waals surface area contributed by atoms with E-state index >= 15 is 0 Å². The fourth-order valence-corrected chi connectivity index (χ4v) is 2.06. The minimum absolute atomic E-state index is 0.499. The maximum atomic E-state index is 10.6. The molecule has 0 heterocycles. The molecule has 1 fully saturated rings. The molecule has 0 radical (unpaired) electrons. The SMILES string of the molecule is C/C(=C/C1CCCC(C)C1)C(=O)O. The lowest BCUT2D eigenvalue weighted by Crippen LogP contribution is -2.12. The van der Waals surface area contributed by atoms with E-state index in [0.29, 0.717) is 11.5 Å². The Kier molecular flexibility index (Phi) is 3.52. The molecule has 0 aromatic heterocycles. The molecule has 2 heteroatoms. The summed E-state index contributed by atoms with van der Waals surface area (Å²) >= 11 is 0. The molecule has 1 aliphatic carbocycles. The fourth-order valence-electron chi connectivity index (χ4n) is 2.06. The van der Waals surface area contributed by atoms with Gasteiger partial charge < -0.3 is 5.11 Å².